The average molecular weight is 359 g/mol. The molecule has 3 rings (SSSR count). The van der Waals surface area contributed by atoms with E-state index in [1.54, 1.807) is 0 Å². The molecule has 4 nitrogen and oxygen atoms in total. The van der Waals surface area contributed by atoms with Crippen molar-refractivity contribution < 1.29 is 9.53 Å². The molecule has 1 amide bonds. The Balaban J connectivity index is 1.66. The summed E-state index contributed by atoms with van der Waals surface area (Å²) in [6.07, 6.45) is 4.65. The Kier molecular flexibility index (Phi) is 5.34. The fourth-order valence-corrected chi connectivity index (χ4v) is 4.40. The summed E-state index contributed by atoms with van der Waals surface area (Å²) in [7, 11) is 4.16. The molecule has 4 heteroatoms. The number of amides is 1. The second-order valence-corrected chi connectivity index (χ2v) is 9.54. The highest BCUT2D eigenvalue weighted by atomic mass is 16.5. The van der Waals surface area contributed by atoms with Crippen molar-refractivity contribution in [3.05, 3.63) is 29.8 Å². The Hall–Kier alpha value is -1.55. The minimum absolute atomic E-state index is 0.0397. The van der Waals surface area contributed by atoms with Gasteiger partial charge in [-0.25, -0.2) is 0 Å². The van der Waals surface area contributed by atoms with Gasteiger partial charge in [-0.1, -0.05) is 39.0 Å². The standard InChI is InChI=1S/C22H34N2O2/c1-21(2,3)14-20(25)24(5)18-10-12-22(13-11-18)16-23(4)15-17-8-6-7-9-19(17)26-22/h6-9,18H,10-16H2,1-5H3. The monoisotopic (exact) mass is 358 g/mol. The molecule has 144 valence electrons. The number of hydrogen-bond acceptors (Lipinski definition) is 3. The normalized spacial score (nSPS) is 26.7. The van der Waals surface area contributed by atoms with E-state index in [0.717, 1.165) is 44.5 Å². The molecular weight excluding hydrogens is 324 g/mol. The Morgan fingerprint density at radius 1 is 1.27 bits per heavy atom. The minimum Gasteiger partial charge on any atom is -0.486 e. The highest BCUT2D eigenvalue weighted by molar-refractivity contribution is 5.76. The summed E-state index contributed by atoms with van der Waals surface area (Å²) in [6, 6.07) is 8.74. The summed E-state index contributed by atoms with van der Waals surface area (Å²) in [5.74, 6) is 1.30. The van der Waals surface area contributed by atoms with Gasteiger partial charge in [0.15, 0.2) is 0 Å². The zero-order valence-corrected chi connectivity index (χ0v) is 17.0. The molecule has 0 N–H and O–H groups in total. The lowest BCUT2D eigenvalue weighted by Gasteiger charge is -2.43. The molecule has 0 atom stereocenters. The molecule has 1 aromatic rings. The van der Waals surface area contributed by atoms with Crippen LogP contribution in [-0.2, 0) is 11.3 Å². The van der Waals surface area contributed by atoms with Crippen LogP contribution in [0.4, 0.5) is 0 Å². The van der Waals surface area contributed by atoms with Crippen LogP contribution in [0.2, 0.25) is 0 Å². The molecule has 1 aliphatic heterocycles. The van der Waals surface area contributed by atoms with E-state index in [2.05, 4.69) is 57.0 Å². The lowest BCUT2D eigenvalue weighted by Crippen LogP contribution is -2.51. The highest BCUT2D eigenvalue weighted by Gasteiger charge is 2.41. The third kappa shape index (κ3) is 4.40. The largest absolute Gasteiger partial charge is 0.486 e. The number of para-hydroxylation sites is 1. The average Bonchev–Trinajstić information content (AvgIpc) is 2.68. The number of likely N-dealkylation sites (N-methyl/N-ethyl adjacent to an activating group) is 1. The van der Waals surface area contributed by atoms with Gasteiger partial charge in [-0.2, -0.15) is 0 Å². The van der Waals surface area contributed by atoms with E-state index in [1.165, 1.54) is 5.56 Å². The predicted octanol–water partition coefficient (Wildman–Crippen LogP) is 4.09. The van der Waals surface area contributed by atoms with Crippen LogP contribution in [0.15, 0.2) is 24.3 Å². The van der Waals surface area contributed by atoms with Gasteiger partial charge in [-0.15, -0.1) is 0 Å². The Morgan fingerprint density at radius 2 is 1.92 bits per heavy atom. The molecule has 1 spiro atoms. The van der Waals surface area contributed by atoms with Gasteiger partial charge in [-0.05, 0) is 44.2 Å². The molecule has 1 fully saturated rings. The maximum absolute atomic E-state index is 12.6. The molecule has 2 aliphatic rings. The first-order valence-electron chi connectivity index (χ1n) is 9.89. The number of rotatable bonds is 2. The third-order valence-corrected chi connectivity index (χ3v) is 5.79. The van der Waals surface area contributed by atoms with E-state index in [1.807, 2.05) is 11.9 Å². The maximum Gasteiger partial charge on any atom is 0.223 e. The number of carbonyl (C=O) groups excluding carboxylic acids is 1. The van der Waals surface area contributed by atoms with E-state index in [-0.39, 0.29) is 16.9 Å². The van der Waals surface area contributed by atoms with E-state index in [0.29, 0.717) is 12.5 Å². The fourth-order valence-electron chi connectivity index (χ4n) is 4.40. The molecule has 1 aromatic carbocycles. The zero-order valence-electron chi connectivity index (χ0n) is 17.0. The van der Waals surface area contributed by atoms with Crippen LogP contribution >= 0.6 is 0 Å². The predicted molar refractivity (Wildman–Crippen MR) is 105 cm³/mol. The van der Waals surface area contributed by atoms with Gasteiger partial charge < -0.3 is 9.64 Å². The molecule has 26 heavy (non-hydrogen) atoms. The van der Waals surface area contributed by atoms with E-state index in [4.69, 9.17) is 4.74 Å². The Bertz CT molecular complexity index is 642. The highest BCUT2D eigenvalue weighted by Crippen LogP contribution is 2.39. The number of ether oxygens (including phenoxy) is 1. The quantitative estimate of drug-likeness (QED) is 0.798. The van der Waals surface area contributed by atoms with Gasteiger partial charge in [0.1, 0.15) is 11.4 Å². The lowest BCUT2D eigenvalue weighted by atomic mass is 9.80. The second kappa shape index (κ2) is 7.22. The number of nitrogens with zero attached hydrogens (tertiary/aromatic N) is 2. The summed E-state index contributed by atoms with van der Waals surface area (Å²) >= 11 is 0. The summed E-state index contributed by atoms with van der Waals surface area (Å²) in [5, 5.41) is 0. The van der Waals surface area contributed by atoms with Crippen LogP contribution in [0, 0.1) is 5.41 Å². The first kappa shape index (κ1) is 19.2. The molecule has 0 unspecified atom stereocenters. The van der Waals surface area contributed by atoms with Crippen molar-refractivity contribution >= 4 is 5.91 Å². The minimum atomic E-state index is -0.119. The van der Waals surface area contributed by atoms with Crippen LogP contribution in [0.1, 0.15) is 58.4 Å². The SMILES string of the molecule is CN1Cc2ccccc2OC2(CCC(N(C)C(=O)CC(C)(C)C)CC2)C1. The smallest absolute Gasteiger partial charge is 0.223 e. The first-order valence-corrected chi connectivity index (χ1v) is 9.89. The van der Waals surface area contributed by atoms with Gasteiger partial charge in [0.05, 0.1) is 0 Å². The van der Waals surface area contributed by atoms with Crippen molar-refractivity contribution in [2.75, 3.05) is 20.6 Å². The number of hydrogen-bond donors (Lipinski definition) is 0. The molecule has 1 aliphatic carbocycles. The van der Waals surface area contributed by atoms with Crippen LogP contribution in [-0.4, -0.2) is 48.0 Å². The molecule has 1 saturated carbocycles. The van der Waals surface area contributed by atoms with Gasteiger partial charge >= 0.3 is 0 Å². The van der Waals surface area contributed by atoms with Crippen LogP contribution in [0.3, 0.4) is 0 Å². The molecule has 0 bridgehead atoms. The summed E-state index contributed by atoms with van der Waals surface area (Å²) in [6.45, 7) is 8.27. The van der Waals surface area contributed by atoms with Crippen LogP contribution in [0.25, 0.3) is 0 Å². The van der Waals surface area contributed by atoms with Gasteiger partial charge in [-0.3, -0.25) is 9.69 Å². The topological polar surface area (TPSA) is 32.8 Å². The van der Waals surface area contributed by atoms with Crippen molar-refractivity contribution in [2.45, 2.75) is 71.1 Å². The second-order valence-electron chi connectivity index (χ2n) is 9.54. The van der Waals surface area contributed by atoms with Crippen molar-refractivity contribution in [1.29, 1.82) is 0 Å². The molecule has 0 saturated heterocycles. The number of fused-ring (bicyclic) bond motifs is 1. The van der Waals surface area contributed by atoms with E-state index in [9.17, 15) is 4.79 Å². The Labute approximate surface area is 158 Å². The Morgan fingerprint density at radius 3 is 2.58 bits per heavy atom. The van der Waals surface area contributed by atoms with Crippen molar-refractivity contribution in [3.63, 3.8) is 0 Å². The maximum atomic E-state index is 12.6. The third-order valence-electron chi connectivity index (χ3n) is 5.79. The van der Waals surface area contributed by atoms with Crippen molar-refractivity contribution in [3.8, 4) is 5.75 Å². The van der Waals surface area contributed by atoms with E-state index >= 15 is 0 Å². The number of benzene rings is 1. The van der Waals surface area contributed by atoms with Crippen molar-refractivity contribution in [1.82, 2.24) is 9.80 Å². The molecule has 1 heterocycles. The zero-order chi connectivity index (χ0) is 18.9. The van der Waals surface area contributed by atoms with Crippen LogP contribution < -0.4 is 4.74 Å². The van der Waals surface area contributed by atoms with Crippen molar-refractivity contribution in [2.24, 2.45) is 5.41 Å². The van der Waals surface area contributed by atoms with Gasteiger partial charge in [0.25, 0.3) is 0 Å². The summed E-state index contributed by atoms with van der Waals surface area (Å²) in [4.78, 5) is 17.0. The lowest BCUT2D eigenvalue weighted by molar-refractivity contribution is -0.135. The molecule has 0 aromatic heterocycles. The first-order chi connectivity index (χ1) is 12.2. The van der Waals surface area contributed by atoms with Gasteiger partial charge in [0.2, 0.25) is 5.91 Å². The van der Waals surface area contributed by atoms with Crippen LogP contribution in [0.5, 0.6) is 5.75 Å². The fraction of sp³-hybridized carbons (Fsp3) is 0.682. The molecule has 0 radical (unpaired) electrons. The summed E-state index contributed by atoms with van der Waals surface area (Å²) < 4.78 is 6.58. The van der Waals surface area contributed by atoms with Gasteiger partial charge in [0, 0.05) is 38.2 Å². The van der Waals surface area contributed by atoms with E-state index < -0.39 is 0 Å². The summed E-state index contributed by atoms with van der Waals surface area (Å²) in [5.41, 5.74) is 1.19. The molecular formula is C22H34N2O2. The number of carbonyl (C=O) groups is 1.